The Morgan fingerprint density at radius 2 is 2.11 bits per heavy atom. The number of aliphatic hydroxyl groups excluding tert-OH is 1. The summed E-state index contributed by atoms with van der Waals surface area (Å²) in [5, 5.41) is 9.90. The summed E-state index contributed by atoms with van der Waals surface area (Å²) in [6.45, 7) is -0.0655. The first kappa shape index (κ1) is 18.3. The Kier molecular flexibility index (Phi) is 4.45. The van der Waals surface area contributed by atoms with Crippen LogP contribution in [-0.4, -0.2) is 27.1 Å². The zero-order valence-corrected chi connectivity index (χ0v) is 15.1. The van der Waals surface area contributed by atoms with Crippen LogP contribution >= 0.6 is 0 Å². The van der Waals surface area contributed by atoms with Crippen molar-refractivity contribution in [1.82, 2.24) is 9.88 Å². The number of nitrogen functional groups attached to an aromatic ring is 1. The highest BCUT2D eigenvalue weighted by Crippen LogP contribution is 2.57. The fourth-order valence-corrected chi connectivity index (χ4v) is 4.86. The third-order valence-corrected chi connectivity index (χ3v) is 6.25. The average Bonchev–Trinajstić information content (AvgIpc) is 3.16. The summed E-state index contributed by atoms with van der Waals surface area (Å²) in [5.41, 5.74) is 6.69. The predicted octanol–water partition coefficient (Wildman–Crippen LogP) is 4.33. The Bertz CT molecular complexity index is 789. The summed E-state index contributed by atoms with van der Waals surface area (Å²) < 4.78 is 39.8. The molecule has 4 aliphatic rings. The zero-order chi connectivity index (χ0) is 19.2. The van der Waals surface area contributed by atoms with Crippen LogP contribution in [-0.2, 0) is 6.18 Å². The van der Waals surface area contributed by atoms with E-state index in [0.29, 0.717) is 12.0 Å². The van der Waals surface area contributed by atoms with Crippen molar-refractivity contribution in [2.45, 2.75) is 56.7 Å². The molecule has 0 radical (unpaired) electrons. The summed E-state index contributed by atoms with van der Waals surface area (Å²) in [4.78, 5) is 5.95. The molecule has 0 unspecified atom stereocenters. The van der Waals surface area contributed by atoms with Gasteiger partial charge >= 0.3 is 6.18 Å². The summed E-state index contributed by atoms with van der Waals surface area (Å²) in [6, 6.07) is 1.10. The number of aliphatic hydroxyl groups is 1. The van der Waals surface area contributed by atoms with Crippen molar-refractivity contribution in [2.75, 3.05) is 12.3 Å². The number of anilines is 1. The number of hydrogen-bond acceptors (Lipinski definition) is 4. The van der Waals surface area contributed by atoms with Gasteiger partial charge in [0.2, 0.25) is 0 Å². The highest BCUT2D eigenvalue weighted by Gasteiger charge is 2.54. The highest BCUT2D eigenvalue weighted by molar-refractivity contribution is 5.67. The van der Waals surface area contributed by atoms with E-state index < -0.39 is 17.6 Å². The molecule has 0 amide bonds. The SMILES string of the molecule is Nc1ncc(/C2=C/N(C34CCC(C3)C4)/C(CO)=C\CCC2)cc1C(F)(F)F. The van der Waals surface area contributed by atoms with Gasteiger partial charge in [0.15, 0.2) is 0 Å². The summed E-state index contributed by atoms with van der Waals surface area (Å²) in [7, 11) is 0. The molecule has 3 fully saturated rings. The maximum Gasteiger partial charge on any atom is 0.419 e. The van der Waals surface area contributed by atoms with Crippen molar-refractivity contribution in [2.24, 2.45) is 5.92 Å². The maximum absolute atomic E-state index is 13.3. The van der Waals surface area contributed by atoms with Crippen molar-refractivity contribution in [3.05, 3.63) is 41.4 Å². The molecule has 2 bridgehead atoms. The maximum atomic E-state index is 13.3. The predicted molar refractivity (Wildman–Crippen MR) is 97.2 cm³/mol. The first-order chi connectivity index (χ1) is 12.8. The number of alkyl halides is 3. The molecule has 27 heavy (non-hydrogen) atoms. The van der Waals surface area contributed by atoms with Gasteiger partial charge in [0.05, 0.1) is 12.2 Å². The van der Waals surface area contributed by atoms with Crippen LogP contribution in [0.2, 0.25) is 0 Å². The van der Waals surface area contributed by atoms with Crippen molar-refractivity contribution in [3.63, 3.8) is 0 Å². The second kappa shape index (κ2) is 6.55. The monoisotopic (exact) mass is 379 g/mol. The second-order valence-electron chi connectivity index (χ2n) is 7.96. The van der Waals surface area contributed by atoms with Crippen LogP contribution in [0.25, 0.3) is 5.57 Å². The normalized spacial score (nSPS) is 32.0. The molecule has 0 saturated heterocycles. The van der Waals surface area contributed by atoms with Crippen LogP contribution in [0.1, 0.15) is 56.1 Å². The van der Waals surface area contributed by atoms with Crippen LogP contribution < -0.4 is 5.73 Å². The van der Waals surface area contributed by atoms with Crippen molar-refractivity contribution < 1.29 is 18.3 Å². The van der Waals surface area contributed by atoms with E-state index in [2.05, 4.69) is 16.0 Å². The molecule has 1 aliphatic heterocycles. The molecule has 0 atom stereocenters. The van der Waals surface area contributed by atoms with Crippen molar-refractivity contribution in [3.8, 4) is 0 Å². The lowest BCUT2D eigenvalue weighted by molar-refractivity contribution is -0.137. The van der Waals surface area contributed by atoms with Crippen LogP contribution in [0.4, 0.5) is 19.0 Å². The van der Waals surface area contributed by atoms with Gasteiger partial charge in [-0.1, -0.05) is 6.08 Å². The molecule has 1 aromatic heterocycles. The fraction of sp³-hybridized carbons (Fsp3) is 0.550. The van der Waals surface area contributed by atoms with E-state index in [9.17, 15) is 18.3 Å². The summed E-state index contributed by atoms with van der Waals surface area (Å²) in [5.74, 6) is 0.240. The van der Waals surface area contributed by atoms with Gasteiger partial charge in [0, 0.05) is 23.6 Å². The van der Waals surface area contributed by atoms with E-state index in [1.165, 1.54) is 12.6 Å². The number of aromatic nitrogens is 1. The Morgan fingerprint density at radius 3 is 2.74 bits per heavy atom. The van der Waals surface area contributed by atoms with Crippen LogP contribution in [0, 0.1) is 5.92 Å². The van der Waals surface area contributed by atoms with Crippen LogP contribution in [0.15, 0.2) is 30.2 Å². The highest BCUT2D eigenvalue weighted by atomic mass is 19.4. The minimum absolute atomic E-state index is 0.00984. The molecule has 3 N–H and O–H groups in total. The molecule has 3 saturated carbocycles. The largest absolute Gasteiger partial charge is 0.419 e. The topological polar surface area (TPSA) is 62.4 Å². The standard InChI is InChI=1S/C20H24F3N3O/c21-20(22,23)17-7-15(10-25-18(17)24)14-3-1-2-4-16(12-27)26(11-14)19-6-5-13(8-19)9-19/h4,7,10-11,13,27H,1-3,5-6,8-9,12H2,(H2,24,25)/b14-11+,16-4-. The van der Waals surface area contributed by atoms with E-state index >= 15 is 0 Å². The van der Waals surface area contributed by atoms with Crippen LogP contribution in [0.3, 0.4) is 0 Å². The van der Waals surface area contributed by atoms with Crippen LogP contribution in [0.5, 0.6) is 0 Å². The molecule has 2 heterocycles. The quantitative estimate of drug-likeness (QED) is 0.821. The smallest absolute Gasteiger partial charge is 0.390 e. The minimum atomic E-state index is -4.53. The summed E-state index contributed by atoms with van der Waals surface area (Å²) >= 11 is 0. The number of allylic oxidation sites excluding steroid dienone is 2. The van der Waals surface area contributed by atoms with Gasteiger partial charge in [-0.15, -0.1) is 0 Å². The number of halogens is 3. The third-order valence-electron chi connectivity index (χ3n) is 6.25. The average molecular weight is 379 g/mol. The van der Waals surface area contributed by atoms with Gasteiger partial charge in [-0.05, 0) is 68.1 Å². The van der Waals surface area contributed by atoms with E-state index in [1.54, 1.807) is 0 Å². The fourth-order valence-electron chi connectivity index (χ4n) is 4.86. The number of hydrogen-bond donors (Lipinski definition) is 2. The zero-order valence-electron chi connectivity index (χ0n) is 15.1. The molecule has 0 spiro atoms. The third kappa shape index (κ3) is 3.22. The number of fused-ring (bicyclic) bond motifs is 1. The van der Waals surface area contributed by atoms with E-state index in [-0.39, 0.29) is 12.1 Å². The lowest BCUT2D eigenvalue weighted by Crippen LogP contribution is -2.49. The molecule has 5 rings (SSSR count). The lowest BCUT2D eigenvalue weighted by Gasteiger charge is -2.49. The number of rotatable bonds is 3. The Hall–Kier alpha value is -2.02. The van der Waals surface area contributed by atoms with Gasteiger partial charge in [-0.2, -0.15) is 13.2 Å². The van der Waals surface area contributed by atoms with Gasteiger partial charge in [-0.25, -0.2) is 4.98 Å². The Morgan fingerprint density at radius 1 is 1.33 bits per heavy atom. The minimum Gasteiger partial charge on any atom is -0.390 e. The van der Waals surface area contributed by atoms with Gasteiger partial charge < -0.3 is 15.7 Å². The van der Waals surface area contributed by atoms with Crippen molar-refractivity contribution in [1.29, 1.82) is 0 Å². The van der Waals surface area contributed by atoms with Gasteiger partial charge in [0.1, 0.15) is 5.82 Å². The molecule has 4 nitrogen and oxygen atoms in total. The molecule has 3 aliphatic carbocycles. The second-order valence-corrected chi connectivity index (χ2v) is 7.96. The number of nitrogens with zero attached hydrogens (tertiary/aromatic N) is 2. The van der Waals surface area contributed by atoms with E-state index in [0.717, 1.165) is 55.4 Å². The molecule has 1 aromatic rings. The summed E-state index contributed by atoms with van der Waals surface area (Å²) in [6.07, 6.45) is 7.59. The number of pyridine rings is 1. The molecule has 0 aromatic carbocycles. The lowest BCUT2D eigenvalue weighted by atomic mass is 9.75. The van der Waals surface area contributed by atoms with Gasteiger partial charge in [-0.3, -0.25) is 0 Å². The first-order valence-electron chi connectivity index (χ1n) is 9.45. The molecular weight excluding hydrogens is 355 g/mol. The van der Waals surface area contributed by atoms with E-state index in [4.69, 9.17) is 5.73 Å². The molecule has 146 valence electrons. The number of nitrogens with two attached hydrogens (primary N) is 1. The Balaban J connectivity index is 1.76. The molecular formula is C20H24F3N3O. The van der Waals surface area contributed by atoms with Gasteiger partial charge in [0.25, 0.3) is 0 Å². The van der Waals surface area contributed by atoms with E-state index in [1.807, 2.05) is 6.20 Å². The first-order valence-corrected chi connectivity index (χ1v) is 9.45. The molecule has 7 heteroatoms. The Labute approximate surface area is 156 Å². The van der Waals surface area contributed by atoms with Crippen molar-refractivity contribution >= 4 is 11.4 Å².